The number of anilines is 2. The first-order chi connectivity index (χ1) is 7.91. The highest BCUT2D eigenvalue weighted by Gasteiger charge is 2.16. The highest BCUT2D eigenvalue weighted by atomic mass is 15.1. The number of nitrogens with zero attached hydrogens (tertiary/aromatic N) is 1. The predicted molar refractivity (Wildman–Crippen MR) is 76.4 cm³/mol. The van der Waals surface area contributed by atoms with E-state index in [1.54, 1.807) is 0 Å². The Morgan fingerprint density at radius 3 is 2.41 bits per heavy atom. The number of hydrogen-bond acceptors (Lipinski definition) is 3. The van der Waals surface area contributed by atoms with E-state index in [1.165, 1.54) is 5.56 Å². The third kappa shape index (κ3) is 3.93. The lowest BCUT2D eigenvalue weighted by Crippen LogP contribution is -2.36. The van der Waals surface area contributed by atoms with Crippen LogP contribution >= 0.6 is 0 Å². The van der Waals surface area contributed by atoms with Gasteiger partial charge in [-0.2, -0.15) is 0 Å². The Labute approximate surface area is 105 Å². The van der Waals surface area contributed by atoms with E-state index in [1.807, 2.05) is 12.1 Å². The van der Waals surface area contributed by atoms with Gasteiger partial charge in [0, 0.05) is 12.6 Å². The molecule has 0 saturated heterocycles. The summed E-state index contributed by atoms with van der Waals surface area (Å²) in [5.41, 5.74) is 9.13. The van der Waals surface area contributed by atoms with Crippen LogP contribution in [0.25, 0.3) is 0 Å². The Morgan fingerprint density at radius 1 is 1.29 bits per heavy atom. The maximum absolute atomic E-state index is 6.02. The van der Waals surface area contributed by atoms with Gasteiger partial charge in [-0.15, -0.1) is 0 Å². The second-order valence-electron chi connectivity index (χ2n) is 5.30. The Morgan fingerprint density at radius 2 is 1.94 bits per heavy atom. The summed E-state index contributed by atoms with van der Waals surface area (Å²) >= 11 is 0. The van der Waals surface area contributed by atoms with Crippen LogP contribution in [0.15, 0.2) is 18.2 Å². The number of para-hydroxylation sites is 1. The molecule has 0 fully saturated rings. The highest BCUT2D eigenvalue weighted by Crippen LogP contribution is 2.24. The van der Waals surface area contributed by atoms with Gasteiger partial charge in [-0.3, -0.25) is 0 Å². The Kier molecular flexibility index (Phi) is 4.82. The van der Waals surface area contributed by atoms with Crippen LogP contribution in [-0.4, -0.2) is 31.6 Å². The van der Waals surface area contributed by atoms with Gasteiger partial charge in [-0.05, 0) is 38.6 Å². The Hall–Kier alpha value is -1.22. The van der Waals surface area contributed by atoms with E-state index in [-0.39, 0.29) is 0 Å². The van der Waals surface area contributed by atoms with E-state index >= 15 is 0 Å². The maximum Gasteiger partial charge on any atom is 0.0606 e. The summed E-state index contributed by atoms with van der Waals surface area (Å²) in [6.07, 6.45) is 0. The minimum absolute atomic E-state index is 0.411. The lowest BCUT2D eigenvalue weighted by Gasteiger charge is -2.28. The van der Waals surface area contributed by atoms with Crippen LogP contribution < -0.4 is 11.1 Å². The number of nitrogen functional groups attached to an aromatic ring is 1. The van der Waals surface area contributed by atoms with Gasteiger partial charge in [-0.1, -0.05) is 26.0 Å². The molecule has 0 aliphatic carbocycles. The molecule has 3 heteroatoms. The van der Waals surface area contributed by atoms with Crippen molar-refractivity contribution in [3.63, 3.8) is 0 Å². The zero-order valence-electron chi connectivity index (χ0n) is 11.6. The molecular formula is C14H25N3. The Balaban J connectivity index is 2.86. The molecule has 3 N–H and O–H groups in total. The average molecular weight is 235 g/mol. The van der Waals surface area contributed by atoms with E-state index in [4.69, 9.17) is 5.73 Å². The molecule has 1 unspecified atom stereocenters. The molecule has 0 bridgehead atoms. The van der Waals surface area contributed by atoms with E-state index in [9.17, 15) is 0 Å². The van der Waals surface area contributed by atoms with Crippen molar-refractivity contribution < 1.29 is 0 Å². The van der Waals surface area contributed by atoms with Crippen molar-refractivity contribution in [1.82, 2.24) is 4.90 Å². The van der Waals surface area contributed by atoms with E-state index in [0.29, 0.717) is 12.0 Å². The zero-order valence-corrected chi connectivity index (χ0v) is 11.6. The van der Waals surface area contributed by atoms with Crippen molar-refractivity contribution >= 4 is 11.4 Å². The molecule has 0 heterocycles. The molecule has 1 atom stereocenters. The molecular weight excluding hydrogens is 210 g/mol. The fourth-order valence-corrected chi connectivity index (χ4v) is 1.89. The van der Waals surface area contributed by atoms with Crippen molar-refractivity contribution in [3.8, 4) is 0 Å². The summed E-state index contributed by atoms with van der Waals surface area (Å²) in [7, 11) is 4.19. The van der Waals surface area contributed by atoms with E-state index < -0.39 is 0 Å². The fraction of sp³-hybridized carbons (Fsp3) is 0.571. The number of hydrogen-bond donors (Lipinski definition) is 2. The van der Waals surface area contributed by atoms with E-state index in [0.717, 1.165) is 17.9 Å². The molecule has 96 valence electrons. The van der Waals surface area contributed by atoms with Gasteiger partial charge in [0.15, 0.2) is 0 Å². The topological polar surface area (TPSA) is 41.3 Å². The van der Waals surface area contributed by atoms with Crippen LogP contribution in [0.3, 0.4) is 0 Å². The van der Waals surface area contributed by atoms with E-state index in [2.05, 4.69) is 51.1 Å². The standard InChI is InChI=1S/C14H25N3/c1-10(2)13(9-17(4)5)16-14-11(3)7-6-8-12(14)15/h6-8,10,13,16H,9,15H2,1-5H3. The van der Waals surface area contributed by atoms with Crippen LogP contribution in [0.5, 0.6) is 0 Å². The maximum atomic E-state index is 6.02. The quantitative estimate of drug-likeness (QED) is 0.771. The first kappa shape index (κ1) is 13.8. The third-order valence-corrected chi connectivity index (χ3v) is 3.00. The van der Waals surface area contributed by atoms with Crippen LogP contribution in [0.2, 0.25) is 0 Å². The van der Waals surface area contributed by atoms with Crippen molar-refractivity contribution in [1.29, 1.82) is 0 Å². The second kappa shape index (κ2) is 5.92. The SMILES string of the molecule is Cc1cccc(N)c1NC(CN(C)C)C(C)C. The first-order valence-electron chi connectivity index (χ1n) is 6.18. The number of aryl methyl sites for hydroxylation is 1. The number of likely N-dealkylation sites (N-methyl/N-ethyl adjacent to an activating group) is 1. The lowest BCUT2D eigenvalue weighted by molar-refractivity contribution is 0.344. The zero-order chi connectivity index (χ0) is 13.0. The summed E-state index contributed by atoms with van der Waals surface area (Å²) in [6.45, 7) is 7.56. The normalized spacial score (nSPS) is 13.1. The largest absolute Gasteiger partial charge is 0.397 e. The molecule has 0 aromatic heterocycles. The van der Waals surface area contributed by atoms with Crippen molar-refractivity contribution in [2.75, 3.05) is 31.7 Å². The lowest BCUT2D eigenvalue weighted by atomic mass is 10.0. The van der Waals surface area contributed by atoms with Gasteiger partial charge < -0.3 is 16.0 Å². The van der Waals surface area contributed by atoms with Gasteiger partial charge in [0.25, 0.3) is 0 Å². The van der Waals surface area contributed by atoms with Crippen molar-refractivity contribution in [2.24, 2.45) is 5.92 Å². The number of rotatable bonds is 5. The summed E-state index contributed by atoms with van der Waals surface area (Å²) in [5, 5.41) is 3.58. The molecule has 3 nitrogen and oxygen atoms in total. The predicted octanol–water partition coefficient (Wildman–Crippen LogP) is 2.58. The number of benzene rings is 1. The summed E-state index contributed by atoms with van der Waals surface area (Å²) < 4.78 is 0. The molecule has 1 aromatic carbocycles. The molecule has 0 radical (unpaired) electrons. The van der Waals surface area contributed by atoms with Crippen molar-refractivity contribution in [2.45, 2.75) is 26.8 Å². The molecule has 17 heavy (non-hydrogen) atoms. The van der Waals surface area contributed by atoms with Gasteiger partial charge >= 0.3 is 0 Å². The molecule has 0 aliphatic heterocycles. The molecule has 1 rings (SSSR count). The summed E-state index contributed by atoms with van der Waals surface area (Å²) in [4.78, 5) is 2.20. The monoisotopic (exact) mass is 235 g/mol. The van der Waals surface area contributed by atoms with Crippen LogP contribution in [0.4, 0.5) is 11.4 Å². The highest BCUT2D eigenvalue weighted by molar-refractivity contribution is 5.70. The van der Waals surface area contributed by atoms with Crippen LogP contribution in [0.1, 0.15) is 19.4 Å². The van der Waals surface area contributed by atoms with Gasteiger partial charge in [0.2, 0.25) is 0 Å². The van der Waals surface area contributed by atoms with Gasteiger partial charge in [-0.25, -0.2) is 0 Å². The minimum atomic E-state index is 0.411. The molecule has 1 aromatic rings. The smallest absolute Gasteiger partial charge is 0.0606 e. The summed E-state index contributed by atoms with van der Waals surface area (Å²) in [5.74, 6) is 0.566. The number of nitrogens with one attached hydrogen (secondary N) is 1. The Bertz CT molecular complexity index is 338. The fourth-order valence-electron chi connectivity index (χ4n) is 1.89. The second-order valence-corrected chi connectivity index (χ2v) is 5.30. The number of nitrogens with two attached hydrogens (primary N) is 1. The van der Waals surface area contributed by atoms with Crippen LogP contribution in [-0.2, 0) is 0 Å². The van der Waals surface area contributed by atoms with Crippen LogP contribution in [0, 0.1) is 12.8 Å². The average Bonchev–Trinajstić information content (AvgIpc) is 2.21. The molecule has 0 saturated carbocycles. The van der Waals surface area contributed by atoms with Crippen molar-refractivity contribution in [3.05, 3.63) is 23.8 Å². The molecule has 0 amide bonds. The van der Waals surface area contributed by atoms with Gasteiger partial charge in [0.05, 0.1) is 11.4 Å². The minimum Gasteiger partial charge on any atom is -0.397 e. The third-order valence-electron chi connectivity index (χ3n) is 3.00. The van der Waals surface area contributed by atoms with Gasteiger partial charge in [0.1, 0.15) is 0 Å². The molecule has 0 spiro atoms. The molecule has 0 aliphatic rings. The first-order valence-corrected chi connectivity index (χ1v) is 6.18. The summed E-state index contributed by atoms with van der Waals surface area (Å²) in [6, 6.07) is 6.44.